The van der Waals surface area contributed by atoms with Crippen LogP contribution in [-0.2, 0) is 0 Å². The van der Waals surface area contributed by atoms with Gasteiger partial charge < -0.3 is 11.1 Å². The molecule has 108 valence electrons. The number of hydrogen-bond donors (Lipinski definition) is 2. The number of rotatable bonds is 3. The first-order valence-corrected chi connectivity index (χ1v) is 6.56. The van der Waals surface area contributed by atoms with Gasteiger partial charge in [0.05, 0.1) is 16.6 Å². The highest BCUT2D eigenvalue weighted by Gasteiger charge is 2.11. The molecule has 1 heterocycles. The summed E-state index contributed by atoms with van der Waals surface area (Å²) in [4.78, 5) is 16.8. The van der Waals surface area contributed by atoms with Crippen LogP contribution in [-0.4, -0.2) is 24.0 Å². The van der Waals surface area contributed by atoms with Crippen molar-refractivity contribution in [2.45, 2.75) is 0 Å². The van der Waals surface area contributed by atoms with Gasteiger partial charge >= 0.3 is 0 Å². The summed E-state index contributed by atoms with van der Waals surface area (Å²) in [6.07, 6.45) is 0. The van der Waals surface area contributed by atoms with E-state index in [0.717, 1.165) is 21.8 Å². The van der Waals surface area contributed by atoms with Crippen molar-refractivity contribution in [2.75, 3.05) is 13.1 Å². The van der Waals surface area contributed by atoms with Crippen LogP contribution < -0.4 is 11.1 Å². The first kappa shape index (κ1) is 15.2. The molecule has 0 radical (unpaired) electrons. The van der Waals surface area contributed by atoms with E-state index in [1.54, 1.807) is 6.07 Å². The Balaban J connectivity index is 0.00000161. The van der Waals surface area contributed by atoms with Crippen LogP contribution in [0.3, 0.4) is 0 Å². The zero-order valence-corrected chi connectivity index (χ0v) is 12.2. The van der Waals surface area contributed by atoms with Crippen LogP contribution in [0.5, 0.6) is 0 Å². The topological polar surface area (TPSA) is 68.0 Å². The van der Waals surface area contributed by atoms with Crippen molar-refractivity contribution < 1.29 is 4.79 Å². The molecule has 4 nitrogen and oxygen atoms in total. The highest BCUT2D eigenvalue weighted by Crippen LogP contribution is 2.22. The second kappa shape index (κ2) is 6.52. The Morgan fingerprint density at radius 3 is 2.67 bits per heavy atom. The number of para-hydroxylation sites is 2. The van der Waals surface area contributed by atoms with Crippen molar-refractivity contribution >= 4 is 40.1 Å². The monoisotopic (exact) mass is 301 g/mol. The summed E-state index contributed by atoms with van der Waals surface area (Å²) in [6.45, 7) is 0.885. The summed E-state index contributed by atoms with van der Waals surface area (Å²) >= 11 is 0. The number of benzene rings is 2. The molecule has 0 aliphatic heterocycles. The maximum Gasteiger partial charge on any atom is 0.253 e. The van der Waals surface area contributed by atoms with E-state index in [-0.39, 0.29) is 18.3 Å². The number of amides is 1. The molecular weight excluding hydrogens is 286 g/mol. The van der Waals surface area contributed by atoms with E-state index in [0.29, 0.717) is 18.7 Å². The summed E-state index contributed by atoms with van der Waals surface area (Å²) in [5, 5.41) is 4.82. The van der Waals surface area contributed by atoms with Gasteiger partial charge in [0, 0.05) is 23.9 Å². The van der Waals surface area contributed by atoms with E-state index in [4.69, 9.17) is 5.73 Å². The second-order valence-electron chi connectivity index (χ2n) is 4.60. The maximum atomic E-state index is 12.1. The van der Waals surface area contributed by atoms with E-state index in [1.165, 1.54) is 0 Å². The second-order valence-corrected chi connectivity index (χ2v) is 4.60. The van der Waals surface area contributed by atoms with E-state index < -0.39 is 0 Å². The Hall–Kier alpha value is -2.17. The summed E-state index contributed by atoms with van der Waals surface area (Å²) < 4.78 is 0. The van der Waals surface area contributed by atoms with Gasteiger partial charge in [-0.2, -0.15) is 0 Å². The molecule has 0 aliphatic carbocycles. The number of fused-ring (bicyclic) bond motifs is 2. The van der Waals surface area contributed by atoms with Crippen molar-refractivity contribution in [3.63, 3.8) is 0 Å². The molecule has 3 rings (SSSR count). The molecule has 0 bridgehead atoms. The molecule has 5 heteroatoms. The van der Waals surface area contributed by atoms with Crippen molar-refractivity contribution in [1.82, 2.24) is 10.3 Å². The smallest absolute Gasteiger partial charge is 0.253 e. The minimum Gasteiger partial charge on any atom is -0.351 e. The molecule has 1 aromatic heterocycles. The molecule has 0 spiro atoms. The van der Waals surface area contributed by atoms with Crippen molar-refractivity contribution in [3.05, 3.63) is 54.1 Å². The van der Waals surface area contributed by atoms with E-state index in [9.17, 15) is 4.79 Å². The van der Waals surface area contributed by atoms with E-state index in [2.05, 4.69) is 16.4 Å². The van der Waals surface area contributed by atoms with Gasteiger partial charge in [-0.3, -0.25) is 4.79 Å². The van der Waals surface area contributed by atoms with Gasteiger partial charge in [0.1, 0.15) is 0 Å². The predicted molar refractivity (Wildman–Crippen MR) is 87.9 cm³/mol. The lowest BCUT2D eigenvalue weighted by molar-refractivity contribution is 0.0956. The average Bonchev–Trinajstić information content (AvgIpc) is 2.50. The van der Waals surface area contributed by atoms with Crippen LogP contribution in [0.15, 0.2) is 48.5 Å². The molecule has 0 saturated carbocycles. The summed E-state index contributed by atoms with van der Waals surface area (Å²) in [7, 11) is 0. The van der Waals surface area contributed by atoms with E-state index in [1.807, 2.05) is 36.4 Å². The number of hydrogen-bond acceptors (Lipinski definition) is 3. The molecule has 2 aromatic carbocycles. The van der Waals surface area contributed by atoms with Gasteiger partial charge in [-0.15, -0.1) is 12.4 Å². The van der Waals surface area contributed by atoms with Crippen molar-refractivity contribution in [2.24, 2.45) is 5.73 Å². The summed E-state index contributed by atoms with van der Waals surface area (Å²) in [6, 6.07) is 15.6. The molecule has 0 aliphatic rings. The highest BCUT2D eigenvalue weighted by molar-refractivity contribution is 6.07. The number of nitrogens with zero attached hydrogens (tertiary/aromatic N) is 1. The lowest BCUT2D eigenvalue weighted by Gasteiger charge is -2.08. The van der Waals surface area contributed by atoms with Crippen LogP contribution in [0.2, 0.25) is 0 Å². The Labute approximate surface area is 128 Å². The molecule has 0 fully saturated rings. The number of pyridine rings is 1. The summed E-state index contributed by atoms with van der Waals surface area (Å²) in [5.41, 5.74) is 7.61. The third-order valence-electron chi connectivity index (χ3n) is 3.22. The average molecular weight is 302 g/mol. The minimum absolute atomic E-state index is 0. The zero-order valence-electron chi connectivity index (χ0n) is 11.4. The first-order valence-electron chi connectivity index (χ1n) is 6.56. The molecule has 0 saturated heterocycles. The molecule has 1 amide bonds. The third kappa shape index (κ3) is 2.96. The number of nitrogens with two attached hydrogens (primary N) is 1. The summed E-state index contributed by atoms with van der Waals surface area (Å²) in [5.74, 6) is -0.135. The van der Waals surface area contributed by atoms with Crippen molar-refractivity contribution in [3.8, 4) is 0 Å². The normalized spacial score (nSPS) is 10.3. The first-order chi connectivity index (χ1) is 9.79. The lowest BCUT2D eigenvalue weighted by atomic mass is 10.1. The Morgan fingerprint density at radius 2 is 1.86 bits per heavy atom. The van der Waals surface area contributed by atoms with Gasteiger partial charge in [-0.05, 0) is 18.2 Å². The minimum atomic E-state index is -0.135. The number of nitrogens with one attached hydrogen (secondary N) is 1. The van der Waals surface area contributed by atoms with Gasteiger partial charge in [0.15, 0.2) is 0 Å². The fourth-order valence-corrected chi connectivity index (χ4v) is 2.27. The number of carbonyl (C=O) groups excluding carboxylic acids is 1. The fraction of sp³-hybridized carbons (Fsp3) is 0.125. The molecule has 0 atom stereocenters. The zero-order chi connectivity index (χ0) is 13.9. The molecule has 0 unspecified atom stereocenters. The predicted octanol–water partition coefficient (Wildman–Crippen LogP) is 2.50. The molecular formula is C16H16ClN3O. The van der Waals surface area contributed by atoms with Gasteiger partial charge in [-0.1, -0.05) is 30.3 Å². The van der Waals surface area contributed by atoms with Gasteiger partial charge in [0.25, 0.3) is 5.91 Å². The Morgan fingerprint density at radius 1 is 1.10 bits per heavy atom. The number of halogens is 1. The Kier molecular flexibility index (Phi) is 4.73. The fourth-order valence-electron chi connectivity index (χ4n) is 2.27. The van der Waals surface area contributed by atoms with Crippen LogP contribution in [0, 0.1) is 0 Å². The molecule has 3 aromatic rings. The largest absolute Gasteiger partial charge is 0.351 e. The molecule has 3 N–H and O–H groups in total. The molecule has 21 heavy (non-hydrogen) atoms. The SMILES string of the molecule is Cl.NCCNC(=O)c1cccc2cc3ccccc3nc12. The standard InChI is InChI=1S/C16H15N3O.ClH/c17-8-9-18-16(20)13-6-3-5-12-10-11-4-1-2-7-14(11)19-15(12)13;/h1-7,10H,8-9,17H2,(H,18,20);1H. The van der Waals surface area contributed by atoms with E-state index >= 15 is 0 Å². The third-order valence-corrected chi connectivity index (χ3v) is 3.22. The highest BCUT2D eigenvalue weighted by atomic mass is 35.5. The van der Waals surface area contributed by atoms with Crippen LogP contribution in [0.1, 0.15) is 10.4 Å². The maximum absolute atomic E-state index is 12.1. The lowest BCUT2D eigenvalue weighted by Crippen LogP contribution is -2.29. The Bertz CT molecular complexity index is 789. The van der Waals surface area contributed by atoms with Gasteiger partial charge in [0.2, 0.25) is 0 Å². The quantitative estimate of drug-likeness (QED) is 0.730. The van der Waals surface area contributed by atoms with Gasteiger partial charge in [-0.25, -0.2) is 4.98 Å². The number of aromatic nitrogens is 1. The van der Waals surface area contributed by atoms with Crippen LogP contribution in [0.25, 0.3) is 21.8 Å². The van der Waals surface area contributed by atoms with Crippen molar-refractivity contribution in [1.29, 1.82) is 0 Å². The number of carbonyl (C=O) groups is 1. The van der Waals surface area contributed by atoms with Crippen LogP contribution in [0.4, 0.5) is 0 Å². The van der Waals surface area contributed by atoms with Crippen LogP contribution >= 0.6 is 12.4 Å².